The van der Waals surface area contributed by atoms with Gasteiger partial charge in [-0.05, 0) is 32.0 Å². The average molecular weight is 242 g/mol. The standard InChI is InChI=1S/C12H16F2N2O/c1-8(2)16(6-5-15)12(17)9-3-4-10(13)11(14)7-9/h3-4,7-8H,5-6,15H2,1-2H3. The van der Waals surface area contributed by atoms with Crippen molar-refractivity contribution in [2.24, 2.45) is 5.73 Å². The number of rotatable bonds is 4. The number of carbonyl (C=O) groups excluding carboxylic acids is 1. The fourth-order valence-corrected chi connectivity index (χ4v) is 1.53. The first kappa shape index (κ1) is 13.6. The van der Waals surface area contributed by atoms with E-state index in [0.29, 0.717) is 13.1 Å². The molecule has 1 amide bonds. The van der Waals surface area contributed by atoms with Crippen LogP contribution >= 0.6 is 0 Å². The normalized spacial score (nSPS) is 10.7. The zero-order valence-corrected chi connectivity index (χ0v) is 9.91. The summed E-state index contributed by atoms with van der Waals surface area (Å²) in [4.78, 5) is 13.5. The number of nitrogens with zero attached hydrogens (tertiary/aromatic N) is 1. The van der Waals surface area contributed by atoms with Crippen LogP contribution in [0.5, 0.6) is 0 Å². The Balaban J connectivity index is 2.97. The smallest absolute Gasteiger partial charge is 0.254 e. The van der Waals surface area contributed by atoms with Crippen LogP contribution in [0.4, 0.5) is 8.78 Å². The summed E-state index contributed by atoms with van der Waals surface area (Å²) < 4.78 is 25.8. The third kappa shape index (κ3) is 3.23. The molecule has 0 radical (unpaired) electrons. The highest BCUT2D eigenvalue weighted by Gasteiger charge is 2.19. The Morgan fingerprint density at radius 2 is 2.00 bits per heavy atom. The van der Waals surface area contributed by atoms with Gasteiger partial charge in [-0.1, -0.05) is 0 Å². The summed E-state index contributed by atoms with van der Waals surface area (Å²) in [6.07, 6.45) is 0. The summed E-state index contributed by atoms with van der Waals surface area (Å²) in [7, 11) is 0. The number of halogens is 2. The number of carbonyl (C=O) groups is 1. The summed E-state index contributed by atoms with van der Waals surface area (Å²) in [5.74, 6) is -2.33. The van der Waals surface area contributed by atoms with Crippen molar-refractivity contribution >= 4 is 5.91 Å². The zero-order valence-electron chi connectivity index (χ0n) is 9.91. The van der Waals surface area contributed by atoms with Crippen LogP contribution in [-0.4, -0.2) is 29.9 Å². The second-order valence-electron chi connectivity index (χ2n) is 4.01. The number of nitrogens with two attached hydrogens (primary N) is 1. The SMILES string of the molecule is CC(C)N(CCN)C(=O)c1ccc(F)c(F)c1. The molecule has 0 aliphatic carbocycles. The number of hydrogen-bond donors (Lipinski definition) is 1. The molecule has 1 rings (SSSR count). The molecule has 0 aliphatic rings. The fourth-order valence-electron chi connectivity index (χ4n) is 1.53. The van der Waals surface area contributed by atoms with Crippen LogP contribution in [0.25, 0.3) is 0 Å². The average Bonchev–Trinajstić information content (AvgIpc) is 2.28. The lowest BCUT2D eigenvalue weighted by Crippen LogP contribution is -2.40. The van der Waals surface area contributed by atoms with E-state index in [1.54, 1.807) is 0 Å². The molecule has 0 fully saturated rings. The third-order valence-corrected chi connectivity index (χ3v) is 2.42. The third-order valence-electron chi connectivity index (χ3n) is 2.42. The zero-order chi connectivity index (χ0) is 13.0. The van der Waals surface area contributed by atoms with Crippen LogP contribution in [0.1, 0.15) is 24.2 Å². The molecule has 0 spiro atoms. The van der Waals surface area contributed by atoms with E-state index in [4.69, 9.17) is 5.73 Å². The van der Waals surface area contributed by atoms with Crippen LogP contribution < -0.4 is 5.73 Å². The molecule has 3 nitrogen and oxygen atoms in total. The van der Waals surface area contributed by atoms with Gasteiger partial charge in [0.2, 0.25) is 0 Å². The Morgan fingerprint density at radius 1 is 1.35 bits per heavy atom. The topological polar surface area (TPSA) is 46.3 Å². The predicted octanol–water partition coefficient (Wildman–Crippen LogP) is 1.77. The van der Waals surface area contributed by atoms with Gasteiger partial charge in [-0.15, -0.1) is 0 Å². The van der Waals surface area contributed by atoms with Gasteiger partial charge in [0.1, 0.15) is 0 Å². The van der Waals surface area contributed by atoms with Crippen molar-refractivity contribution in [2.75, 3.05) is 13.1 Å². The van der Waals surface area contributed by atoms with Crippen LogP contribution in [0.3, 0.4) is 0 Å². The molecule has 0 bridgehead atoms. The summed E-state index contributed by atoms with van der Waals surface area (Å²) in [5, 5.41) is 0. The number of amides is 1. The van der Waals surface area contributed by atoms with Crippen molar-refractivity contribution in [1.82, 2.24) is 4.90 Å². The van der Waals surface area contributed by atoms with Crippen LogP contribution in [0, 0.1) is 11.6 Å². The molecule has 1 aromatic rings. The molecule has 0 aliphatic heterocycles. The van der Waals surface area contributed by atoms with Crippen molar-refractivity contribution < 1.29 is 13.6 Å². The minimum absolute atomic E-state index is 0.0424. The predicted molar refractivity (Wildman–Crippen MR) is 61.6 cm³/mol. The molecular weight excluding hydrogens is 226 g/mol. The van der Waals surface area contributed by atoms with Crippen LogP contribution in [0.2, 0.25) is 0 Å². The van der Waals surface area contributed by atoms with Crippen molar-refractivity contribution in [3.8, 4) is 0 Å². The van der Waals surface area contributed by atoms with Crippen molar-refractivity contribution in [3.05, 3.63) is 35.4 Å². The maximum Gasteiger partial charge on any atom is 0.254 e. The van der Waals surface area contributed by atoms with Gasteiger partial charge < -0.3 is 10.6 Å². The molecule has 17 heavy (non-hydrogen) atoms. The largest absolute Gasteiger partial charge is 0.335 e. The van der Waals surface area contributed by atoms with Gasteiger partial charge in [-0.25, -0.2) is 8.78 Å². The van der Waals surface area contributed by atoms with E-state index in [2.05, 4.69) is 0 Å². The lowest BCUT2D eigenvalue weighted by atomic mass is 10.1. The maximum absolute atomic E-state index is 13.0. The Kier molecular flexibility index (Phi) is 4.57. The Hall–Kier alpha value is -1.49. The van der Waals surface area contributed by atoms with E-state index in [0.717, 1.165) is 12.1 Å². The lowest BCUT2D eigenvalue weighted by molar-refractivity contribution is 0.0711. The van der Waals surface area contributed by atoms with Gasteiger partial charge in [-0.2, -0.15) is 0 Å². The van der Waals surface area contributed by atoms with E-state index in [1.807, 2.05) is 13.8 Å². The Labute approximate surface area is 99.2 Å². The van der Waals surface area contributed by atoms with Gasteiger partial charge in [0.05, 0.1) is 0 Å². The van der Waals surface area contributed by atoms with Gasteiger partial charge in [0.15, 0.2) is 11.6 Å². The molecule has 0 atom stereocenters. The molecule has 0 heterocycles. The van der Waals surface area contributed by atoms with Crippen molar-refractivity contribution in [3.63, 3.8) is 0 Å². The van der Waals surface area contributed by atoms with E-state index in [1.165, 1.54) is 11.0 Å². The molecular formula is C12H16F2N2O. The first-order valence-electron chi connectivity index (χ1n) is 5.43. The van der Waals surface area contributed by atoms with Crippen LogP contribution in [-0.2, 0) is 0 Å². The lowest BCUT2D eigenvalue weighted by Gasteiger charge is -2.26. The van der Waals surface area contributed by atoms with E-state index in [9.17, 15) is 13.6 Å². The highest BCUT2D eigenvalue weighted by Crippen LogP contribution is 2.12. The minimum Gasteiger partial charge on any atom is -0.335 e. The van der Waals surface area contributed by atoms with E-state index in [-0.39, 0.29) is 17.5 Å². The van der Waals surface area contributed by atoms with E-state index >= 15 is 0 Å². The molecule has 0 saturated carbocycles. The summed E-state index contributed by atoms with van der Waals surface area (Å²) in [6, 6.07) is 3.08. The van der Waals surface area contributed by atoms with Gasteiger partial charge in [-0.3, -0.25) is 4.79 Å². The second kappa shape index (κ2) is 5.72. The molecule has 0 saturated heterocycles. The summed E-state index contributed by atoms with van der Waals surface area (Å²) >= 11 is 0. The highest BCUT2D eigenvalue weighted by atomic mass is 19.2. The molecule has 2 N–H and O–H groups in total. The maximum atomic E-state index is 13.0. The Morgan fingerprint density at radius 3 is 2.47 bits per heavy atom. The molecule has 0 unspecified atom stereocenters. The van der Waals surface area contributed by atoms with Crippen molar-refractivity contribution in [1.29, 1.82) is 0 Å². The minimum atomic E-state index is -1.02. The van der Waals surface area contributed by atoms with Crippen LogP contribution in [0.15, 0.2) is 18.2 Å². The summed E-state index contributed by atoms with van der Waals surface area (Å²) in [6.45, 7) is 4.39. The number of benzene rings is 1. The molecule has 94 valence electrons. The molecule has 0 aromatic heterocycles. The highest BCUT2D eigenvalue weighted by molar-refractivity contribution is 5.94. The van der Waals surface area contributed by atoms with Crippen molar-refractivity contribution in [2.45, 2.75) is 19.9 Å². The van der Waals surface area contributed by atoms with Gasteiger partial charge in [0.25, 0.3) is 5.91 Å². The summed E-state index contributed by atoms with van der Waals surface area (Å²) in [5.41, 5.74) is 5.54. The second-order valence-corrected chi connectivity index (χ2v) is 4.01. The molecule has 1 aromatic carbocycles. The first-order valence-corrected chi connectivity index (χ1v) is 5.43. The quantitative estimate of drug-likeness (QED) is 0.874. The van der Waals surface area contributed by atoms with E-state index < -0.39 is 11.6 Å². The van der Waals surface area contributed by atoms with Gasteiger partial charge >= 0.3 is 0 Å². The fraction of sp³-hybridized carbons (Fsp3) is 0.417. The van der Waals surface area contributed by atoms with Gasteiger partial charge in [0, 0.05) is 24.7 Å². The first-order chi connectivity index (χ1) is 7.97. The monoisotopic (exact) mass is 242 g/mol. The Bertz CT molecular complexity index is 407. The molecule has 5 heteroatoms. The number of hydrogen-bond acceptors (Lipinski definition) is 2.